The summed E-state index contributed by atoms with van der Waals surface area (Å²) in [5, 5.41) is 11.7. The highest BCUT2D eigenvalue weighted by Gasteiger charge is 2.25. The first-order chi connectivity index (χ1) is 10.1. The predicted molar refractivity (Wildman–Crippen MR) is 76.9 cm³/mol. The first-order valence-corrected chi connectivity index (χ1v) is 6.70. The average Bonchev–Trinajstić information content (AvgIpc) is 2.48. The van der Waals surface area contributed by atoms with Crippen LogP contribution in [0.2, 0.25) is 0 Å². The number of benzene rings is 1. The zero-order chi connectivity index (χ0) is 15.7. The Morgan fingerprint density at radius 1 is 1.24 bits per heavy atom. The molecular weight excluding hydrogens is 274 g/mol. The molecular formula is C15H21NO5. The van der Waals surface area contributed by atoms with Crippen molar-refractivity contribution in [3.05, 3.63) is 35.9 Å². The van der Waals surface area contributed by atoms with Crippen molar-refractivity contribution in [2.75, 3.05) is 20.8 Å². The summed E-state index contributed by atoms with van der Waals surface area (Å²) < 4.78 is 10.1. The monoisotopic (exact) mass is 295 g/mol. The number of nitrogens with one attached hydrogen (secondary N) is 1. The molecule has 0 saturated heterocycles. The number of carboxylic acid groups (broad SMARTS) is 1. The van der Waals surface area contributed by atoms with Gasteiger partial charge in [0.15, 0.2) is 6.10 Å². The molecule has 0 aliphatic heterocycles. The van der Waals surface area contributed by atoms with Crippen LogP contribution in [0, 0.1) is 0 Å². The van der Waals surface area contributed by atoms with Gasteiger partial charge in [-0.3, -0.25) is 4.79 Å². The van der Waals surface area contributed by atoms with Gasteiger partial charge in [0, 0.05) is 20.8 Å². The van der Waals surface area contributed by atoms with Gasteiger partial charge in [-0.2, -0.15) is 0 Å². The third kappa shape index (κ3) is 5.53. The van der Waals surface area contributed by atoms with Gasteiger partial charge in [-0.05, 0) is 18.4 Å². The van der Waals surface area contributed by atoms with Crippen molar-refractivity contribution in [2.45, 2.75) is 25.0 Å². The molecule has 0 heterocycles. The quantitative estimate of drug-likeness (QED) is 0.672. The predicted octanol–water partition coefficient (Wildman–Crippen LogP) is 1.37. The molecule has 6 heteroatoms. The van der Waals surface area contributed by atoms with E-state index in [1.807, 2.05) is 6.07 Å². The van der Waals surface area contributed by atoms with Crippen LogP contribution < -0.4 is 5.32 Å². The number of aliphatic carboxylic acids is 1. The number of ether oxygens (including phenoxy) is 2. The summed E-state index contributed by atoms with van der Waals surface area (Å²) >= 11 is 0. The van der Waals surface area contributed by atoms with E-state index in [9.17, 15) is 9.59 Å². The zero-order valence-electron chi connectivity index (χ0n) is 12.2. The Morgan fingerprint density at radius 3 is 2.43 bits per heavy atom. The number of carbonyl (C=O) groups is 2. The van der Waals surface area contributed by atoms with Crippen LogP contribution >= 0.6 is 0 Å². The first kappa shape index (κ1) is 17.1. The smallest absolute Gasteiger partial charge is 0.326 e. The second kappa shape index (κ2) is 9.10. The van der Waals surface area contributed by atoms with Crippen LogP contribution in [0.25, 0.3) is 0 Å². The Hall–Kier alpha value is -1.92. The third-order valence-corrected chi connectivity index (χ3v) is 3.03. The zero-order valence-corrected chi connectivity index (χ0v) is 12.2. The molecule has 0 fully saturated rings. The number of hydrogen-bond donors (Lipinski definition) is 2. The molecule has 2 atom stereocenters. The maximum Gasteiger partial charge on any atom is 0.326 e. The van der Waals surface area contributed by atoms with Crippen molar-refractivity contribution in [1.29, 1.82) is 0 Å². The van der Waals surface area contributed by atoms with Gasteiger partial charge in [0.1, 0.15) is 6.04 Å². The van der Waals surface area contributed by atoms with E-state index < -0.39 is 24.0 Å². The molecule has 0 radical (unpaired) electrons. The van der Waals surface area contributed by atoms with Crippen molar-refractivity contribution in [1.82, 2.24) is 5.32 Å². The second-order valence-electron chi connectivity index (χ2n) is 4.56. The Morgan fingerprint density at radius 2 is 1.90 bits per heavy atom. The number of amides is 1. The Kier molecular flexibility index (Phi) is 7.42. The molecule has 1 aromatic rings. The van der Waals surface area contributed by atoms with E-state index in [0.717, 1.165) is 0 Å². The summed E-state index contributed by atoms with van der Waals surface area (Å²) in [5.41, 5.74) is 0.679. The fourth-order valence-electron chi connectivity index (χ4n) is 1.96. The van der Waals surface area contributed by atoms with Gasteiger partial charge in [-0.25, -0.2) is 4.79 Å². The number of rotatable bonds is 9. The lowest BCUT2D eigenvalue weighted by molar-refractivity contribution is -0.144. The normalized spacial score (nSPS) is 13.4. The molecule has 1 aromatic carbocycles. The van der Waals surface area contributed by atoms with Crippen LogP contribution in [0.4, 0.5) is 0 Å². The van der Waals surface area contributed by atoms with Gasteiger partial charge < -0.3 is 19.9 Å². The van der Waals surface area contributed by atoms with E-state index in [4.69, 9.17) is 14.6 Å². The van der Waals surface area contributed by atoms with Gasteiger partial charge in [0.2, 0.25) is 0 Å². The highest BCUT2D eigenvalue weighted by molar-refractivity contribution is 5.87. The second-order valence-corrected chi connectivity index (χ2v) is 4.56. The number of carboxylic acids is 1. The van der Waals surface area contributed by atoms with E-state index in [1.165, 1.54) is 7.11 Å². The van der Waals surface area contributed by atoms with Crippen LogP contribution in [0.15, 0.2) is 30.3 Å². The summed E-state index contributed by atoms with van der Waals surface area (Å²) in [6.45, 7) is 0.450. The van der Waals surface area contributed by atoms with Crippen molar-refractivity contribution in [2.24, 2.45) is 0 Å². The SMILES string of the molecule is COCCCC(NC(=O)C(OC)c1ccccc1)C(=O)O. The molecule has 116 valence electrons. The number of methoxy groups -OCH3 is 2. The van der Waals surface area contributed by atoms with Gasteiger partial charge in [0.25, 0.3) is 5.91 Å². The summed E-state index contributed by atoms with van der Waals surface area (Å²) in [6, 6.07) is 7.99. The number of hydrogen-bond acceptors (Lipinski definition) is 4. The number of carbonyl (C=O) groups excluding carboxylic acids is 1. The largest absolute Gasteiger partial charge is 0.480 e. The third-order valence-electron chi connectivity index (χ3n) is 3.03. The Bertz CT molecular complexity index is 449. The molecule has 1 rings (SSSR count). The minimum Gasteiger partial charge on any atom is -0.480 e. The maximum absolute atomic E-state index is 12.2. The summed E-state index contributed by atoms with van der Waals surface area (Å²) in [7, 11) is 2.96. The molecule has 6 nitrogen and oxygen atoms in total. The lowest BCUT2D eigenvalue weighted by atomic mass is 10.1. The van der Waals surface area contributed by atoms with Crippen LogP contribution in [0.3, 0.4) is 0 Å². The molecule has 0 aliphatic carbocycles. The van der Waals surface area contributed by atoms with E-state index in [1.54, 1.807) is 31.4 Å². The first-order valence-electron chi connectivity index (χ1n) is 6.70. The highest BCUT2D eigenvalue weighted by Crippen LogP contribution is 2.16. The minimum atomic E-state index is -1.07. The van der Waals surface area contributed by atoms with Crippen molar-refractivity contribution in [3.63, 3.8) is 0 Å². The molecule has 1 amide bonds. The van der Waals surface area contributed by atoms with Crippen LogP contribution in [-0.2, 0) is 19.1 Å². The summed E-state index contributed by atoms with van der Waals surface area (Å²) in [5.74, 6) is -1.53. The maximum atomic E-state index is 12.2. The van der Waals surface area contributed by atoms with Crippen molar-refractivity contribution < 1.29 is 24.2 Å². The molecule has 2 N–H and O–H groups in total. The fraction of sp³-hybridized carbons (Fsp3) is 0.467. The summed E-state index contributed by atoms with van der Waals surface area (Å²) in [4.78, 5) is 23.4. The van der Waals surface area contributed by atoms with Gasteiger partial charge in [-0.15, -0.1) is 0 Å². The topological polar surface area (TPSA) is 84.9 Å². The lowest BCUT2D eigenvalue weighted by Crippen LogP contribution is -2.43. The van der Waals surface area contributed by atoms with E-state index in [-0.39, 0.29) is 0 Å². The molecule has 0 spiro atoms. The van der Waals surface area contributed by atoms with Crippen molar-refractivity contribution in [3.8, 4) is 0 Å². The van der Waals surface area contributed by atoms with Gasteiger partial charge in [0.05, 0.1) is 0 Å². The van der Waals surface area contributed by atoms with Crippen molar-refractivity contribution >= 4 is 11.9 Å². The lowest BCUT2D eigenvalue weighted by Gasteiger charge is -2.19. The van der Waals surface area contributed by atoms with Crippen LogP contribution in [0.5, 0.6) is 0 Å². The fourth-order valence-corrected chi connectivity index (χ4v) is 1.96. The Labute approximate surface area is 124 Å². The summed E-state index contributed by atoms with van der Waals surface area (Å²) in [6.07, 6.45) is 0.0344. The molecule has 0 aromatic heterocycles. The van der Waals surface area contributed by atoms with Gasteiger partial charge >= 0.3 is 5.97 Å². The molecule has 0 aliphatic rings. The van der Waals surface area contributed by atoms with E-state index in [0.29, 0.717) is 25.0 Å². The molecule has 0 bridgehead atoms. The van der Waals surface area contributed by atoms with E-state index >= 15 is 0 Å². The molecule has 2 unspecified atom stereocenters. The highest BCUT2D eigenvalue weighted by atomic mass is 16.5. The van der Waals surface area contributed by atoms with Gasteiger partial charge in [-0.1, -0.05) is 30.3 Å². The van der Waals surface area contributed by atoms with E-state index in [2.05, 4.69) is 5.32 Å². The van der Waals surface area contributed by atoms with Crippen LogP contribution in [-0.4, -0.2) is 43.9 Å². The van der Waals surface area contributed by atoms with Crippen LogP contribution in [0.1, 0.15) is 24.5 Å². The standard InChI is InChI=1S/C15H21NO5/c1-20-10-6-9-12(15(18)19)16-14(17)13(21-2)11-7-4-3-5-8-11/h3-5,7-8,12-13H,6,9-10H2,1-2H3,(H,16,17)(H,18,19). The Balaban J connectivity index is 2.68. The molecule has 21 heavy (non-hydrogen) atoms. The minimum absolute atomic E-state index is 0.306. The average molecular weight is 295 g/mol. The molecule has 0 saturated carbocycles.